The van der Waals surface area contributed by atoms with Crippen LogP contribution < -0.4 is 5.32 Å². The number of hydrogen-bond acceptors (Lipinski definition) is 4. The zero-order chi connectivity index (χ0) is 11.4. The van der Waals surface area contributed by atoms with Crippen LogP contribution in [-0.4, -0.2) is 33.2 Å². The molecule has 5 nitrogen and oxygen atoms in total. The van der Waals surface area contributed by atoms with E-state index in [0.29, 0.717) is 11.5 Å². The van der Waals surface area contributed by atoms with Gasteiger partial charge in [0.25, 0.3) is 0 Å². The highest BCUT2D eigenvalue weighted by molar-refractivity contribution is 5.95. The Kier molecular flexibility index (Phi) is 3.85. The minimum Gasteiger partial charge on any atom is -0.393 e. The van der Waals surface area contributed by atoms with Crippen molar-refractivity contribution >= 4 is 11.6 Å². The molecular weight excluding hydrogens is 194 g/mol. The molecule has 0 saturated heterocycles. The highest BCUT2D eigenvalue weighted by atomic mass is 16.3. The van der Waals surface area contributed by atoms with Crippen molar-refractivity contribution in [2.75, 3.05) is 5.32 Å². The van der Waals surface area contributed by atoms with Gasteiger partial charge in [-0.1, -0.05) is 0 Å². The number of aromatic amines is 1. The molecular formula is C10H17N3O2. The average Bonchev–Trinajstić information content (AvgIpc) is 2.50. The van der Waals surface area contributed by atoms with Gasteiger partial charge in [-0.3, -0.25) is 9.89 Å². The SMILES string of the molecule is CC(C)Nc1cc(C(=O)C[C@H](C)O)[nH]n1. The van der Waals surface area contributed by atoms with Crippen molar-refractivity contribution in [2.24, 2.45) is 0 Å². The average molecular weight is 211 g/mol. The van der Waals surface area contributed by atoms with Crippen molar-refractivity contribution in [3.8, 4) is 0 Å². The molecule has 0 aliphatic rings. The highest BCUT2D eigenvalue weighted by Crippen LogP contribution is 2.09. The molecule has 0 amide bonds. The number of carbonyl (C=O) groups is 1. The fraction of sp³-hybridized carbons (Fsp3) is 0.600. The summed E-state index contributed by atoms with van der Waals surface area (Å²) in [5, 5.41) is 18.7. The Bertz CT molecular complexity index is 331. The molecule has 5 heteroatoms. The third-order valence-corrected chi connectivity index (χ3v) is 1.80. The lowest BCUT2D eigenvalue weighted by Crippen LogP contribution is -2.10. The summed E-state index contributed by atoms with van der Waals surface area (Å²) >= 11 is 0. The number of Topliss-reactive ketones (excluding diaryl/α,β-unsaturated/α-hetero) is 1. The van der Waals surface area contributed by atoms with Crippen molar-refractivity contribution < 1.29 is 9.90 Å². The molecule has 0 aliphatic heterocycles. The third-order valence-electron chi connectivity index (χ3n) is 1.80. The van der Waals surface area contributed by atoms with Gasteiger partial charge < -0.3 is 10.4 Å². The molecule has 1 aromatic rings. The van der Waals surface area contributed by atoms with Crippen molar-refractivity contribution in [1.29, 1.82) is 0 Å². The van der Waals surface area contributed by atoms with E-state index in [1.54, 1.807) is 13.0 Å². The van der Waals surface area contributed by atoms with Crippen LogP contribution in [0.5, 0.6) is 0 Å². The molecule has 0 radical (unpaired) electrons. The van der Waals surface area contributed by atoms with Crippen molar-refractivity contribution in [3.05, 3.63) is 11.8 Å². The third kappa shape index (κ3) is 3.71. The van der Waals surface area contributed by atoms with Gasteiger partial charge in [0.05, 0.1) is 6.10 Å². The number of aliphatic hydroxyl groups is 1. The number of hydrogen-bond donors (Lipinski definition) is 3. The normalized spacial score (nSPS) is 12.9. The van der Waals surface area contributed by atoms with Gasteiger partial charge in [-0.15, -0.1) is 0 Å². The van der Waals surface area contributed by atoms with E-state index in [1.165, 1.54) is 0 Å². The smallest absolute Gasteiger partial charge is 0.183 e. The quantitative estimate of drug-likeness (QED) is 0.639. The van der Waals surface area contributed by atoms with Crippen LogP contribution in [0, 0.1) is 0 Å². The molecule has 0 unspecified atom stereocenters. The fourth-order valence-corrected chi connectivity index (χ4v) is 1.21. The Labute approximate surface area is 88.9 Å². The van der Waals surface area contributed by atoms with Gasteiger partial charge in [0.15, 0.2) is 5.78 Å². The van der Waals surface area contributed by atoms with E-state index in [-0.39, 0.29) is 18.2 Å². The van der Waals surface area contributed by atoms with Crippen LogP contribution in [0.15, 0.2) is 6.07 Å². The van der Waals surface area contributed by atoms with Crippen LogP contribution in [0.1, 0.15) is 37.7 Å². The second-order valence-electron chi connectivity index (χ2n) is 3.94. The first-order valence-corrected chi connectivity index (χ1v) is 5.02. The second-order valence-corrected chi connectivity index (χ2v) is 3.94. The maximum absolute atomic E-state index is 11.5. The van der Waals surface area contributed by atoms with E-state index in [1.807, 2.05) is 13.8 Å². The number of aliphatic hydroxyl groups excluding tert-OH is 1. The topological polar surface area (TPSA) is 78.0 Å². The Balaban J connectivity index is 2.63. The van der Waals surface area contributed by atoms with E-state index in [0.717, 1.165) is 0 Å². The molecule has 15 heavy (non-hydrogen) atoms. The lowest BCUT2D eigenvalue weighted by atomic mass is 10.1. The zero-order valence-electron chi connectivity index (χ0n) is 9.24. The van der Waals surface area contributed by atoms with Crippen LogP contribution in [0.3, 0.4) is 0 Å². The fourth-order valence-electron chi connectivity index (χ4n) is 1.21. The summed E-state index contributed by atoms with van der Waals surface area (Å²) in [6.07, 6.45) is -0.508. The Morgan fingerprint density at radius 3 is 2.80 bits per heavy atom. The zero-order valence-corrected chi connectivity index (χ0v) is 9.24. The standard InChI is InChI=1S/C10H17N3O2/c1-6(2)11-10-5-8(12-13-10)9(15)4-7(3)14/h5-7,14H,4H2,1-3H3,(H2,11,12,13)/t7-/m0/s1. The van der Waals surface area contributed by atoms with Crippen LogP contribution in [-0.2, 0) is 0 Å². The molecule has 0 spiro atoms. The van der Waals surface area contributed by atoms with Crippen molar-refractivity contribution in [3.63, 3.8) is 0 Å². The molecule has 1 atom stereocenters. The van der Waals surface area contributed by atoms with Crippen LogP contribution in [0.25, 0.3) is 0 Å². The van der Waals surface area contributed by atoms with Gasteiger partial charge in [-0.2, -0.15) is 5.10 Å². The summed E-state index contributed by atoms with van der Waals surface area (Å²) < 4.78 is 0. The van der Waals surface area contributed by atoms with E-state index < -0.39 is 6.10 Å². The number of aromatic nitrogens is 2. The highest BCUT2D eigenvalue weighted by Gasteiger charge is 2.12. The maximum Gasteiger partial charge on any atom is 0.183 e. The second kappa shape index (κ2) is 4.93. The molecule has 0 bridgehead atoms. The van der Waals surface area contributed by atoms with Gasteiger partial charge >= 0.3 is 0 Å². The lowest BCUT2D eigenvalue weighted by Gasteiger charge is -2.04. The monoisotopic (exact) mass is 211 g/mol. The summed E-state index contributed by atoms with van der Waals surface area (Å²) in [7, 11) is 0. The summed E-state index contributed by atoms with van der Waals surface area (Å²) in [4.78, 5) is 11.5. The minimum atomic E-state index is -0.623. The van der Waals surface area contributed by atoms with Gasteiger partial charge in [-0.25, -0.2) is 0 Å². The molecule has 1 aromatic heterocycles. The van der Waals surface area contributed by atoms with E-state index in [2.05, 4.69) is 15.5 Å². The summed E-state index contributed by atoms with van der Waals surface area (Å²) in [6.45, 7) is 5.57. The van der Waals surface area contributed by atoms with Gasteiger partial charge in [-0.05, 0) is 20.8 Å². The summed E-state index contributed by atoms with van der Waals surface area (Å²) in [6, 6.07) is 1.93. The van der Waals surface area contributed by atoms with E-state index in [4.69, 9.17) is 5.11 Å². The molecule has 0 aromatic carbocycles. The predicted molar refractivity (Wildman–Crippen MR) is 58.0 cm³/mol. The maximum atomic E-state index is 11.5. The van der Waals surface area contributed by atoms with Crippen LogP contribution in [0.2, 0.25) is 0 Å². The number of H-pyrrole nitrogens is 1. The van der Waals surface area contributed by atoms with Crippen molar-refractivity contribution in [2.45, 2.75) is 39.3 Å². The predicted octanol–water partition coefficient (Wildman–Crippen LogP) is 1.18. The number of nitrogens with zero attached hydrogens (tertiary/aromatic N) is 1. The Morgan fingerprint density at radius 2 is 2.27 bits per heavy atom. The minimum absolute atomic E-state index is 0.114. The number of carbonyl (C=O) groups excluding carboxylic acids is 1. The van der Waals surface area contributed by atoms with Gasteiger partial charge in [0, 0.05) is 18.5 Å². The molecule has 1 heterocycles. The molecule has 84 valence electrons. The van der Waals surface area contributed by atoms with Crippen molar-refractivity contribution in [1.82, 2.24) is 10.2 Å². The first-order valence-electron chi connectivity index (χ1n) is 5.02. The first-order chi connectivity index (χ1) is 6.99. The number of rotatable bonds is 5. The molecule has 1 rings (SSSR count). The lowest BCUT2D eigenvalue weighted by molar-refractivity contribution is 0.0896. The van der Waals surface area contributed by atoms with E-state index in [9.17, 15) is 4.79 Å². The Hall–Kier alpha value is -1.36. The summed E-state index contributed by atoms with van der Waals surface area (Å²) in [5.74, 6) is 0.522. The first kappa shape index (κ1) is 11.7. The van der Waals surface area contributed by atoms with Crippen LogP contribution in [0.4, 0.5) is 5.82 Å². The van der Waals surface area contributed by atoms with Crippen LogP contribution >= 0.6 is 0 Å². The number of nitrogens with one attached hydrogen (secondary N) is 2. The van der Waals surface area contributed by atoms with Gasteiger partial charge in [0.1, 0.15) is 11.5 Å². The Morgan fingerprint density at radius 1 is 1.60 bits per heavy atom. The largest absolute Gasteiger partial charge is 0.393 e. The molecule has 0 saturated carbocycles. The molecule has 3 N–H and O–H groups in total. The number of ketones is 1. The van der Waals surface area contributed by atoms with E-state index >= 15 is 0 Å². The number of anilines is 1. The van der Waals surface area contributed by atoms with Gasteiger partial charge in [0.2, 0.25) is 0 Å². The molecule has 0 aliphatic carbocycles. The summed E-state index contributed by atoms with van der Waals surface area (Å²) in [5.41, 5.74) is 0.430. The molecule has 0 fully saturated rings.